The van der Waals surface area contributed by atoms with Gasteiger partial charge in [-0.15, -0.1) is 0 Å². The lowest BCUT2D eigenvalue weighted by Gasteiger charge is -2.08. The molecule has 0 radical (unpaired) electrons. The molecule has 0 saturated carbocycles. The SMILES string of the molecule is Cc1nn(C(=O)COc2ccc(-c3ccccc3)cc2)c(C)c1CCC(C)C. The van der Waals surface area contributed by atoms with Gasteiger partial charge >= 0.3 is 0 Å². The Hall–Kier alpha value is -2.88. The van der Waals surface area contributed by atoms with E-state index in [-0.39, 0.29) is 12.5 Å². The Morgan fingerprint density at radius 2 is 1.64 bits per heavy atom. The molecule has 0 N–H and O–H groups in total. The second-order valence-corrected chi connectivity index (χ2v) is 7.57. The number of benzene rings is 2. The Labute approximate surface area is 167 Å². The molecule has 4 nitrogen and oxygen atoms in total. The summed E-state index contributed by atoms with van der Waals surface area (Å²) in [6.45, 7) is 8.31. The van der Waals surface area contributed by atoms with Crippen molar-refractivity contribution >= 4 is 5.91 Å². The van der Waals surface area contributed by atoms with Crippen LogP contribution in [-0.4, -0.2) is 22.3 Å². The summed E-state index contributed by atoms with van der Waals surface area (Å²) in [4.78, 5) is 12.6. The van der Waals surface area contributed by atoms with Crippen molar-refractivity contribution in [1.82, 2.24) is 9.78 Å². The van der Waals surface area contributed by atoms with Gasteiger partial charge in [-0.1, -0.05) is 56.3 Å². The monoisotopic (exact) mass is 376 g/mol. The van der Waals surface area contributed by atoms with Crippen molar-refractivity contribution in [2.45, 2.75) is 40.5 Å². The normalized spacial score (nSPS) is 11.0. The van der Waals surface area contributed by atoms with Crippen LogP contribution in [0.3, 0.4) is 0 Å². The number of hydrogen-bond donors (Lipinski definition) is 0. The molecule has 0 aliphatic carbocycles. The summed E-state index contributed by atoms with van der Waals surface area (Å²) < 4.78 is 7.19. The van der Waals surface area contributed by atoms with E-state index in [4.69, 9.17) is 4.74 Å². The van der Waals surface area contributed by atoms with Gasteiger partial charge in [0.2, 0.25) is 0 Å². The van der Waals surface area contributed by atoms with Crippen LogP contribution < -0.4 is 4.74 Å². The van der Waals surface area contributed by atoms with E-state index >= 15 is 0 Å². The zero-order chi connectivity index (χ0) is 20.1. The van der Waals surface area contributed by atoms with Crippen molar-refractivity contribution in [2.24, 2.45) is 5.92 Å². The molecule has 0 saturated heterocycles. The van der Waals surface area contributed by atoms with Gasteiger partial charge in [-0.05, 0) is 61.4 Å². The molecule has 146 valence electrons. The molecule has 0 spiro atoms. The van der Waals surface area contributed by atoms with Gasteiger partial charge in [-0.2, -0.15) is 5.10 Å². The third-order valence-corrected chi connectivity index (χ3v) is 4.97. The lowest BCUT2D eigenvalue weighted by Crippen LogP contribution is -2.21. The van der Waals surface area contributed by atoms with Crippen LogP contribution in [0.25, 0.3) is 11.1 Å². The highest BCUT2D eigenvalue weighted by atomic mass is 16.5. The van der Waals surface area contributed by atoms with Gasteiger partial charge in [0.25, 0.3) is 5.91 Å². The lowest BCUT2D eigenvalue weighted by molar-refractivity contribution is 0.0818. The Balaban J connectivity index is 1.63. The Bertz CT molecular complexity index is 925. The Morgan fingerprint density at radius 3 is 2.29 bits per heavy atom. The molecule has 2 aromatic carbocycles. The molecule has 28 heavy (non-hydrogen) atoms. The average molecular weight is 377 g/mol. The van der Waals surface area contributed by atoms with Gasteiger partial charge in [0.15, 0.2) is 6.61 Å². The van der Waals surface area contributed by atoms with Crippen LogP contribution in [0, 0.1) is 19.8 Å². The number of ether oxygens (including phenoxy) is 1. The van der Waals surface area contributed by atoms with Crippen LogP contribution in [0.15, 0.2) is 54.6 Å². The van der Waals surface area contributed by atoms with E-state index < -0.39 is 0 Å². The first-order valence-corrected chi connectivity index (χ1v) is 9.82. The summed E-state index contributed by atoms with van der Waals surface area (Å²) in [5, 5.41) is 4.44. The number of aryl methyl sites for hydroxylation is 1. The molecule has 3 aromatic rings. The average Bonchev–Trinajstić information content (AvgIpc) is 2.99. The predicted molar refractivity (Wildman–Crippen MR) is 113 cm³/mol. The molecule has 1 aromatic heterocycles. The van der Waals surface area contributed by atoms with Crippen LogP contribution in [-0.2, 0) is 6.42 Å². The van der Waals surface area contributed by atoms with Gasteiger partial charge in [-0.3, -0.25) is 4.79 Å². The van der Waals surface area contributed by atoms with Gasteiger partial charge < -0.3 is 4.74 Å². The standard InChI is InChI=1S/C24H28N2O2/c1-17(2)10-15-23-18(3)25-26(19(23)4)24(27)16-28-22-13-11-21(12-14-22)20-8-6-5-7-9-20/h5-9,11-14,17H,10,15-16H2,1-4H3. The zero-order valence-corrected chi connectivity index (χ0v) is 17.1. The smallest absolute Gasteiger partial charge is 0.284 e. The molecule has 1 heterocycles. The van der Waals surface area contributed by atoms with Crippen molar-refractivity contribution in [3.63, 3.8) is 0 Å². The number of carbonyl (C=O) groups is 1. The van der Waals surface area contributed by atoms with Crippen LogP contribution >= 0.6 is 0 Å². The maximum atomic E-state index is 12.6. The topological polar surface area (TPSA) is 44.1 Å². The molecule has 3 rings (SSSR count). The van der Waals surface area contributed by atoms with E-state index in [1.54, 1.807) is 0 Å². The van der Waals surface area contributed by atoms with E-state index in [1.807, 2.05) is 56.3 Å². The summed E-state index contributed by atoms with van der Waals surface area (Å²) in [6, 6.07) is 18.0. The number of carbonyl (C=O) groups excluding carboxylic acids is 1. The first-order valence-electron chi connectivity index (χ1n) is 9.82. The third-order valence-electron chi connectivity index (χ3n) is 4.97. The maximum Gasteiger partial charge on any atom is 0.284 e. The van der Waals surface area contributed by atoms with Crippen molar-refractivity contribution in [3.05, 3.63) is 71.5 Å². The summed E-state index contributed by atoms with van der Waals surface area (Å²) in [5.74, 6) is 1.15. The molecular formula is C24H28N2O2. The summed E-state index contributed by atoms with van der Waals surface area (Å²) in [5.41, 5.74) is 5.30. The second-order valence-electron chi connectivity index (χ2n) is 7.57. The predicted octanol–water partition coefficient (Wildman–Crippen LogP) is 5.47. The van der Waals surface area contributed by atoms with Crippen LogP contribution in [0.1, 0.15) is 42.0 Å². The lowest BCUT2D eigenvalue weighted by atomic mass is 10.0. The van der Waals surface area contributed by atoms with Crippen molar-refractivity contribution in [1.29, 1.82) is 0 Å². The van der Waals surface area contributed by atoms with E-state index in [0.29, 0.717) is 11.7 Å². The first-order chi connectivity index (χ1) is 13.5. The Kier molecular flexibility index (Phi) is 6.30. The van der Waals surface area contributed by atoms with Gasteiger partial charge in [-0.25, -0.2) is 4.68 Å². The minimum Gasteiger partial charge on any atom is -0.484 e. The van der Waals surface area contributed by atoms with Gasteiger partial charge in [0, 0.05) is 5.69 Å². The molecule has 0 unspecified atom stereocenters. The summed E-state index contributed by atoms with van der Waals surface area (Å²) in [7, 11) is 0. The summed E-state index contributed by atoms with van der Waals surface area (Å²) >= 11 is 0. The molecular weight excluding hydrogens is 348 g/mol. The first kappa shape index (κ1) is 19.9. The van der Waals surface area contributed by atoms with Gasteiger partial charge in [0.1, 0.15) is 5.75 Å². The van der Waals surface area contributed by atoms with Gasteiger partial charge in [0.05, 0.1) is 5.69 Å². The highest BCUT2D eigenvalue weighted by Crippen LogP contribution is 2.22. The van der Waals surface area contributed by atoms with E-state index in [9.17, 15) is 4.79 Å². The largest absolute Gasteiger partial charge is 0.484 e. The fraction of sp³-hybridized carbons (Fsp3) is 0.333. The summed E-state index contributed by atoms with van der Waals surface area (Å²) in [6.07, 6.45) is 2.04. The van der Waals surface area contributed by atoms with E-state index in [0.717, 1.165) is 35.4 Å². The quantitative estimate of drug-likeness (QED) is 0.549. The van der Waals surface area contributed by atoms with Crippen LogP contribution in [0.5, 0.6) is 5.75 Å². The molecule has 0 amide bonds. The van der Waals surface area contributed by atoms with Crippen molar-refractivity contribution in [3.8, 4) is 16.9 Å². The van der Waals surface area contributed by atoms with Crippen LogP contribution in [0.2, 0.25) is 0 Å². The fourth-order valence-corrected chi connectivity index (χ4v) is 3.29. The fourth-order valence-electron chi connectivity index (χ4n) is 3.29. The molecule has 0 atom stereocenters. The molecule has 0 bridgehead atoms. The highest BCUT2D eigenvalue weighted by Gasteiger charge is 2.17. The van der Waals surface area contributed by atoms with Crippen molar-refractivity contribution < 1.29 is 9.53 Å². The highest BCUT2D eigenvalue weighted by molar-refractivity contribution is 5.80. The molecule has 0 fully saturated rings. The van der Waals surface area contributed by atoms with E-state index in [1.165, 1.54) is 10.2 Å². The van der Waals surface area contributed by atoms with Crippen LogP contribution in [0.4, 0.5) is 0 Å². The number of aromatic nitrogens is 2. The number of rotatable bonds is 7. The maximum absolute atomic E-state index is 12.6. The zero-order valence-electron chi connectivity index (χ0n) is 17.1. The molecule has 0 aliphatic rings. The molecule has 4 heteroatoms. The number of hydrogen-bond acceptors (Lipinski definition) is 3. The second kappa shape index (κ2) is 8.87. The Morgan fingerprint density at radius 1 is 1.00 bits per heavy atom. The number of nitrogens with zero attached hydrogens (tertiary/aromatic N) is 2. The third kappa shape index (κ3) is 4.69. The molecule has 0 aliphatic heterocycles. The van der Waals surface area contributed by atoms with Crippen molar-refractivity contribution in [2.75, 3.05) is 6.61 Å². The van der Waals surface area contributed by atoms with E-state index in [2.05, 4.69) is 31.1 Å². The minimum atomic E-state index is -0.150. The minimum absolute atomic E-state index is 0.0315.